The zero-order valence-electron chi connectivity index (χ0n) is 18.3. The summed E-state index contributed by atoms with van der Waals surface area (Å²) in [7, 11) is 0. The maximum Gasteiger partial charge on any atom is 0.173 e. The summed E-state index contributed by atoms with van der Waals surface area (Å²) in [6, 6.07) is 10.7. The molecule has 1 saturated heterocycles. The molecule has 0 radical (unpaired) electrons. The van der Waals surface area contributed by atoms with E-state index in [0.717, 1.165) is 55.9 Å². The van der Waals surface area contributed by atoms with Crippen LogP contribution in [0.3, 0.4) is 0 Å². The topological polar surface area (TPSA) is 63.0 Å². The van der Waals surface area contributed by atoms with Crippen LogP contribution in [0.2, 0.25) is 0 Å². The number of nitrogens with zero attached hydrogens (tertiary/aromatic N) is 7. The van der Waals surface area contributed by atoms with Gasteiger partial charge in [-0.3, -0.25) is 9.88 Å². The normalized spacial score (nSPS) is 17.1. The number of tetrazole rings is 1. The van der Waals surface area contributed by atoms with Crippen LogP contribution in [0, 0.1) is 0 Å². The first-order valence-corrected chi connectivity index (χ1v) is 10.6. The van der Waals surface area contributed by atoms with E-state index in [9.17, 15) is 0 Å². The maximum atomic E-state index is 4.53. The number of benzene rings is 1. The summed E-state index contributed by atoms with van der Waals surface area (Å²) in [5, 5.41) is 14.2. The minimum Gasteiger partial charge on any atom is -0.301 e. The van der Waals surface area contributed by atoms with Gasteiger partial charge < -0.3 is 4.90 Å². The molecule has 1 aliphatic heterocycles. The molecule has 0 N–H and O–H groups in total. The first-order valence-electron chi connectivity index (χ1n) is 10.6. The van der Waals surface area contributed by atoms with E-state index in [1.807, 2.05) is 16.9 Å². The zero-order valence-corrected chi connectivity index (χ0v) is 19.1. The Balaban J connectivity index is 0.00000256. The second-order valence-corrected chi connectivity index (χ2v) is 8.44. The second kappa shape index (κ2) is 9.37. The first-order chi connectivity index (χ1) is 14.0. The molecule has 1 fully saturated rings. The van der Waals surface area contributed by atoms with Gasteiger partial charge in [0.2, 0.25) is 0 Å². The third kappa shape index (κ3) is 4.33. The minimum atomic E-state index is -0.138. The summed E-state index contributed by atoms with van der Waals surface area (Å²) in [5.74, 6) is 0.921. The van der Waals surface area contributed by atoms with Crippen LogP contribution in [0.5, 0.6) is 0 Å². The number of aromatic nitrogens is 5. The molecule has 2 aromatic heterocycles. The van der Waals surface area contributed by atoms with E-state index >= 15 is 0 Å². The van der Waals surface area contributed by atoms with Crippen molar-refractivity contribution >= 4 is 23.3 Å². The number of hydrogen-bond acceptors (Lipinski definition) is 6. The van der Waals surface area contributed by atoms with Crippen LogP contribution in [0.1, 0.15) is 51.5 Å². The molecule has 3 aromatic rings. The van der Waals surface area contributed by atoms with Crippen molar-refractivity contribution in [2.24, 2.45) is 0 Å². The molecule has 8 heteroatoms. The molecule has 0 spiro atoms. The Labute approximate surface area is 184 Å². The summed E-state index contributed by atoms with van der Waals surface area (Å²) < 4.78 is 2.03. The van der Waals surface area contributed by atoms with Gasteiger partial charge in [-0.25, -0.2) is 4.68 Å². The Morgan fingerprint density at radius 2 is 1.83 bits per heavy atom. The molecule has 0 bridgehead atoms. The number of fused-ring (bicyclic) bond motifs is 1. The van der Waals surface area contributed by atoms with Gasteiger partial charge in [0, 0.05) is 37.8 Å². The molecule has 7 nitrogen and oxygen atoms in total. The molecule has 1 aromatic carbocycles. The highest BCUT2D eigenvalue weighted by atomic mass is 35.5. The lowest BCUT2D eigenvalue weighted by Gasteiger charge is -2.39. The molecule has 1 atom stereocenters. The third-order valence-corrected chi connectivity index (χ3v) is 6.34. The highest BCUT2D eigenvalue weighted by Crippen LogP contribution is 2.32. The van der Waals surface area contributed by atoms with Crippen molar-refractivity contribution in [3.8, 4) is 0 Å². The zero-order chi connectivity index (χ0) is 20.4. The Kier molecular flexibility index (Phi) is 7.06. The third-order valence-electron chi connectivity index (χ3n) is 6.34. The predicted octanol–water partition coefficient (Wildman–Crippen LogP) is 3.52. The molecule has 30 heavy (non-hydrogen) atoms. The van der Waals surface area contributed by atoms with Gasteiger partial charge in [-0.15, -0.1) is 17.5 Å². The molecule has 1 aliphatic rings. The van der Waals surface area contributed by atoms with E-state index in [1.54, 1.807) is 0 Å². The van der Waals surface area contributed by atoms with Gasteiger partial charge in [-0.2, -0.15) is 0 Å². The maximum absolute atomic E-state index is 4.53. The van der Waals surface area contributed by atoms with Gasteiger partial charge in [0.25, 0.3) is 0 Å². The van der Waals surface area contributed by atoms with Crippen molar-refractivity contribution in [3.05, 3.63) is 47.9 Å². The van der Waals surface area contributed by atoms with Crippen molar-refractivity contribution in [3.63, 3.8) is 0 Å². The fourth-order valence-electron chi connectivity index (χ4n) is 4.07. The van der Waals surface area contributed by atoms with Crippen LogP contribution in [-0.4, -0.2) is 67.7 Å². The number of pyridine rings is 1. The molecule has 0 aliphatic carbocycles. The number of halogens is 1. The average Bonchev–Trinajstić information content (AvgIpc) is 3.25. The Morgan fingerprint density at radius 1 is 1.07 bits per heavy atom. The van der Waals surface area contributed by atoms with Crippen LogP contribution in [-0.2, 0) is 5.54 Å². The fraction of sp³-hybridized carbons (Fsp3) is 0.545. The van der Waals surface area contributed by atoms with Gasteiger partial charge in [0.15, 0.2) is 5.82 Å². The lowest BCUT2D eigenvalue weighted by molar-refractivity contribution is 0.105. The van der Waals surface area contributed by atoms with Crippen LogP contribution < -0.4 is 0 Å². The van der Waals surface area contributed by atoms with Crippen molar-refractivity contribution in [2.75, 3.05) is 32.7 Å². The smallest absolute Gasteiger partial charge is 0.173 e. The SMILES string of the molecule is CCN1CCN(C(c2ccc3ncccc3c2)c2nnnn2C(C)(C)CC)CC1.Cl. The molecule has 4 rings (SSSR count). The Morgan fingerprint density at radius 3 is 2.53 bits per heavy atom. The van der Waals surface area contributed by atoms with Crippen LogP contribution in [0.25, 0.3) is 10.9 Å². The number of rotatable bonds is 6. The van der Waals surface area contributed by atoms with E-state index in [-0.39, 0.29) is 24.0 Å². The standard InChI is InChI=1S/C22H31N7.ClH/c1-5-22(3,4)29-21(24-25-26-29)20(28-14-12-27(6-2)13-15-28)18-9-10-19-17(16-18)8-7-11-23-19;/h7-11,16,20H,5-6,12-15H2,1-4H3;1H. The summed E-state index contributed by atoms with van der Waals surface area (Å²) in [4.78, 5) is 9.50. The summed E-state index contributed by atoms with van der Waals surface area (Å²) >= 11 is 0. The van der Waals surface area contributed by atoms with Crippen molar-refractivity contribution in [1.29, 1.82) is 0 Å². The van der Waals surface area contributed by atoms with E-state index in [1.165, 1.54) is 5.56 Å². The van der Waals surface area contributed by atoms with Gasteiger partial charge in [-0.05, 0) is 61.0 Å². The summed E-state index contributed by atoms with van der Waals surface area (Å²) in [6.45, 7) is 14.1. The Hall–Kier alpha value is -2.09. The first kappa shape index (κ1) is 22.6. The van der Waals surface area contributed by atoms with Crippen molar-refractivity contribution in [2.45, 2.75) is 45.7 Å². The second-order valence-electron chi connectivity index (χ2n) is 8.44. The lowest BCUT2D eigenvalue weighted by atomic mass is 9.98. The summed E-state index contributed by atoms with van der Waals surface area (Å²) in [6.07, 6.45) is 2.80. The number of likely N-dealkylation sites (N-methyl/N-ethyl adjacent to an activating group) is 1. The van der Waals surface area contributed by atoms with Crippen LogP contribution in [0.15, 0.2) is 36.5 Å². The van der Waals surface area contributed by atoms with Gasteiger partial charge in [0.1, 0.15) is 0 Å². The molecule has 0 amide bonds. The largest absolute Gasteiger partial charge is 0.301 e. The van der Waals surface area contributed by atoms with Gasteiger partial charge in [0.05, 0.1) is 17.1 Å². The summed E-state index contributed by atoms with van der Waals surface area (Å²) in [5.41, 5.74) is 2.10. The minimum absolute atomic E-state index is 0. The lowest BCUT2D eigenvalue weighted by Crippen LogP contribution is -2.48. The van der Waals surface area contributed by atoms with Gasteiger partial charge in [-0.1, -0.05) is 26.0 Å². The van der Waals surface area contributed by atoms with Crippen LogP contribution >= 0.6 is 12.4 Å². The van der Waals surface area contributed by atoms with Crippen molar-refractivity contribution < 1.29 is 0 Å². The fourth-order valence-corrected chi connectivity index (χ4v) is 4.07. The van der Waals surface area contributed by atoms with E-state index in [0.29, 0.717) is 0 Å². The molecule has 0 saturated carbocycles. The van der Waals surface area contributed by atoms with Gasteiger partial charge >= 0.3 is 0 Å². The highest BCUT2D eigenvalue weighted by molar-refractivity contribution is 5.85. The van der Waals surface area contributed by atoms with E-state index < -0.39 is 0 Å². The van der Waals surface area contributed by atoms with Crippen molar-refractivity contribution in [1.82, 2.24) is 35.0 Å². The molecule has 3 heterocycles. The number of hydrogen-bond donors (Lipinski definition) is 0. The quantitative estimate of drug-likeness (QED) is 0.597. The molecule has 162 valence electrons. The molecular formula is C22H32ClN7. The Bertz CT molecular complexity index is 963. The number of piperazine rings is 1. The predicted molar refractivity (Wildman–Crippen MR) is 122 cm³/mol. The highest BCUT2D eigenvalue weighted by Gasteiger charge is 2.34. The average molecular weight is 430 g/mol. The monoisotopic (exact) mass is 429 g/mol. The van der Waals surface area contributed by atoms with E-state index in [4.69, 9.17) is 0 Å². The van der Waals surface area contributed by atoms with Crippen LogP contribution in [0.4, 0.5) is 0 Å². The molecular weight excluding hydrogens is 398 g/mol. The molecule has 1 unspecified atom stereocenters. The van der Waals surface area contributed by atoms with E-state index in [2.05, 4.69) is 82.3 Å².